The molecule has 1 aromatic rings. The smallest absolute Gasteiger partial charge is 0.221 e. The van der Waals surface area contributed by atoms with Gasteiger partial charge in [-0.05, 0) is 31.2 Å². The first kappa shape index (κ1) is 17.7. The Hall–Kier alpha value is -1.60. The van der Waals surface area contributed by atoms with Crippen molar-refractivity contribution in [3.63, 3.8) is 0 Å². The van der Waals surface area contributed by atoms with E-state index < -0.39 is 9.84 Å². The van der Waals surface area contributed by atoms with E-state index in [2.05, 4.69) is 5.32 Å². The minimum atomic E-state index is -2.88. The average Bonchev–Trinajstić information content (AvgIpc) is 2.91. The third-order valence-corrected chi connectivity index (χ3v) is 5.92. The van der Waals surface area contributed by atoms with Gasteiger partial charge in [-0.25, -0.2) is 8.42 Å². The summed E-state index contributed by atoms with van der Waals surface area (Å²) < 4.78 is 28.0. The highest BCUT2D eigenvalue weighted by atomic mass is 32.2. The van der Waals surface area contributed by atoms with Gasteiger partial charge in [0.25, 0.3) is 0 Å². The summed E-state index contributed by atoms with van der Waals surface area (Å²) in [6.45, 7) is 1.04. The van der Waals surface area contributed by atoms with E-state index in [-0.39, 0.29) is 23.5 Å². The Kier molecular flexibility index (Phi) is 6.01. The van der Waals surface area contributed by atoms with Gasteiger partial charge in [0.2, 0.25) is 5.91 Å². The van der Waals surface area contributed by atoms with Gasteiger partial charge in [-0.15, -0.1) is 0 Å². The highest BCUT2D eigenvalue weighted by molar-refractivity contribution is 7.91. The summed E-state index contributed by atoms with van der Waals surface area (Å²) >= 11 is 0. The molecule has 1 aliphatic rings. The van der Waals surface area contributed by atoms with E-state index >= 15 is 0 Å². The fourth-order valence-electron chi connectivity index (χ4n) is 2.62. The topological polar surface area (TPSA) is 75.7 Å². The van der Waals surface area contributed by atoms with Crippen molar-refractivity contribution in [1.29, 1.82) is 0 Å². The Bertz CT molecular complexity index is 628. The van der Waals surface area contributed by atoms with Crippen LogP contribution in [0, 0.1) is 0 Å². The zero-order valence-electron chi connectivity index (χ0n) is 13.6. The number of rotatable bonds is 7. The molecule has 0 bridgehead atoms. The number of carbonyl (C=O) groups excluding carboxylic acids is 1. The number of methoxy groups -OCH3 is 1. The molecule has 1 aliphatic heterocycles. The molecule has 128 valence electrons. The van der Waals surface area contributed by atoms with Gasteiger partial charge in [0.05, 0.1) is 18.6 Å². The molecule has 1 unspecified atom stereocenters. The molecular formula is C16H24N2O4S. The zero-order valence-corrected chi connectivity index (χ0v) is 14.4. The number of hydrogen-bond donors (Lipinski definition) is 1. The number of sulfone groups is 1. The van der Waals surface area contributed by atoms with Crippen LogP contribution in [0.5, 0.6) is 5.75 Å². The highest BCUT2D eigenvalue weighted by Gasteiger charge is 2.30. The zero-order chi connectivity index (χ0) is 16.9. The number of ether oxygens (including phenoxy) is 1. The normalized spacial score (nSPS) is 19.7. The summed E-state index contributed by atoms with van der Waals surface area (Å²) in [5.41, 5.74) is 1.01. The quantitative estimate of drug-likeness (QED) is 0.795. The molecule has 0 spiro atoms. The van der Waals surface area contributed by atoms with Crippen molar-refractivity contribution in [3.05, 3.63) is 29.8 Å². The largest absolute Gasteiger partial charge is 0.497 e. The van der Waals surface area contributed by atoms with Crippen LogP contribution in [0.4, 0.5) is 0 Å². The average molecular weight is 340 g/mol. The number of amides is 1. The Morgan fingerprint density at radius 1 is 1.35 bits per heavy atom. The van der Waals surface area contributed by atoms with Crippen LogP contribution in [0.3, 0.4) is 0 Å². The SMILES string of the molecule is COc1ccc(CNC(=O)CCN(C)C2CCS(=O)(=O)C2)cc1. The molecule has 6 nitrogen and oxygen atoms in total. The molecule has 0 radical (unpaired) electrons. The molecule has 1 aromatic carbocycles. The van der Waals surface area contributed by atoms with Gasteiger partial charge in [0.1, 0.15) is 5.75 Å². The van der Waals surface area contributed by atoms with Gasteiger partial charge in [-0.1, -0.05) is 12.1 Å². The summed E-state index contributed by atoms with van der Waals surface area (Å²) in [4.78, 5) is 13.9. The molecule has 2 rings (SSSR count). The van der Waals surface area contributed by atoms with E-state index in [1.165, 1.54) is 0 Å². The lowest BCUT2D eigenvalue weighted by Gasteiger charge is -2.22. The Labute approximate surface area is 137 Å². The van der Waals surface area contributed by atoms with Gasteiger partial charge in [-0.3, -0.25) is 4.79 Å². The maximum absolute atomic E-state index is 11.9. The third kappa shape index (κ3) is 5.51. The van der Waals surface area contributed by atoms with E-state index in [1.807, 2.05) is 36.2 Å². The van der Waals surface area contributed by atoms with Crippen LogP contribution in [0.1, 0.15) is 18.4 Å². The lowest BCUT2D eigenvalue weighted by molar-refractivity contribution is -0.121. The van der Waals surface area contributed by atoms with Crippen molar-refractivity contribution in [2.75, 3.05) is 32.2 Å². The molecule has 23 heavy (non-hydrogen) atoms. The van der Waals surface area contributed by atoms with Gasteiger partial charge in [0.15, 0.2) is 9.84 Å². The first-order chi connectivity index (χ1) is 10.9. The fraction of sp³-hybridized carbons (Fsp3) is 0.562. The fourth-order valence-corrected chi connectivity index (χ4v) is 4.42. The first-order valence-electron chi connectivity index (χ1n) is 7.70. The Morgan fingerprint density at radius 2 is 2.04 bits per heavy atom. The van der Waals surface area contributed by atoms with Crippen LogP contribution in [0.15, 0.2) is 24.3 Å². The van der Waals surface area contributed by atoms with Gasteiger partial charge >= 0.3 is 0 Å². The predicted octanol–water partition coefficient (Wildman–Crippen LogP) is 0.820. The van der Waals surface area contributed by atoms with Crippen molar-refractivity contribution < 1.29 is 17.9 Å². The van der Waals surface area contributed by atoms with E-state index in [1.54, 1.807) is 7.11 Å². The van der Waals surface area contributed by atoms with Gasteiger partial charge < -0.3 is 15.0 Å². The summed E-state index contributed by atoms with van der Waals surface area (Å²) in [6, 6.07) is 7.57. The lowest BCUT2D eigenvalue weighted by Crippen LogP contribution is -2.36. The Morgan fingerprint density at radius 3 is 2.61 bits per heavy atom. The maximum Gasteiger partial charge on any atom is 0.221 e. The molecular weight excluding hydrogens is 316 g/mol. The first-order valence-corrected chi connectivity index (χ1v) is 9.52. The molecule has 1 amide bonds. The van der Waals surface area contributed by atoms with Crippen LogP contribution >= 0.6 is 0 Å². The molecule has 1 fully saturated rings. The number of nitrogens with one attached hydrogen (secondary N) is 1. The molecule has 1 atom stereocenters. The summed E-state index contributed by atoms with van der Waals surface area (Å²) in [5, 5.41) is 2.87. The molecule has 1 heterocycles. The van der Waals surface area contributed by atoms with E-state index in [0.717, 1.165) is 11.3 Å². The predicted molar refractivity (Wildman–Crippen MR) is 89.1 cm³/mol. The van der Waals surface area contributed by atoms with Crippen molar-refractivity contribution >= 4 is 15.7 Å². The van der Waals surface area contributed by atoms with Crippen molar-refractivity contribution in [2.24, 2.45) is 0 Å². The second-order valence-electron chi connectivity index (χ2n) is 5.91. The number of benzene rings is 1. The maximum atomic E-state index is 11.9. The van der Waals surface area contributed by atoms with Crippen molar-refractivity contribution in [3.8, 4) is 5.75 Å². The molecule has 0 saturated carbocycles. The minimum absolute atomic E-state index is 0.0338. The van der Waals surface area contributed by atoms with Crippen molar-refractivity contribution in [2.45, 2.75) is 25.4 Å². The second-order valence-corrected chi connectivity index (χ2v) is 8.14. The Balaban J connectivity index is 1.70. The molecule has 0 aliphatic carbocycles. The lowest BCUT2D eigenvalue weighted by atomic mass is 10.2. The number of nitrogens with zero attached hydrogens (tertiary/aromatic N) is 1. The summed E-state index contributed by atoms with van der Waals surface area (Å²) in [7, 11) is 0.608. The van der Waals surface area contributed by atoms with E-state index in [4.69, 9.17) is 4.74 Å². The number of carbonyl (C=O) groups is 1. The van der Waals surface area contributed by atoms with E-state index in [9.17, 15) is 13.2 Å². The van der Waals surface area contributed by atoms with Crippen LogP contribution in [-0.4, -0.2) is 57.5 Å². The molecule has 7 heteroatoms. The van der Waals surface area contributed by atoms with Gasteiger partial charge in [0, 0.05) is 25.6 Å². The standard InChI is InChI=1S/C16H24N2O4S/c1-18(14-8-10-23(20,21)12-14)9-7-16(19)17-11-13-3-5-15(22-2)6-4-13/h3-6,14H,7-12H2,1-2H3,(H,17,19). The summed E-state index contributed by atoms with van der Waals surface area (Å²) in [6.07, 6.45) is 1.02. The molecule has 0 aromatic heterocycles. The van der Waals surface area contributed by atoms with Crippen LogP contribution in [-0.2, 0) is 21.2 Å². The van der Waals surface area contributed by atoms with Gasteiger partial charge in [-0.2, -0.15) is 0 Å². The number of hydrogen-bond acceptors (Lipinski definition) is 5. The van der Waals surface area contributed by atoms with Crippen LogP contribution < -0.4 is 10.1 Å². The summed E-state index contributed by atoms with van der Waals surface area (Å²) in [5.74, 6) is 1.21. The monoisotopic (exact) mass is 340 g/mol. The van der Waals surface area contributed by atoms with Crippen molar-refractivity contribution in [1.82, 2.24) is 10.2 Å². The van der Waals surface area contributed by atoms with Crippen LogP contribution in [0.25, 0.3) is 0 Å². The van der Waals surface area contributed by atoms with Crippen LogP contribution in [0.2, 0.25) is 0 Å². The molecule has 1 saturated heterocycles. The highest BCUT2D eigenvalue weighted by Crippen LogP contribution is 2.16. The van der Waals surface area contributed by atoms with E-state index in [0.29, 0.717) is 25.9 Å². The third-order valence-electron chi connectivity index (χ3n) is 4.17. The minimum Gasteiger partial charge on any atom is -0.497 e. The molecule has 1 N–H and O–H groups in total. The second kappa shape index (κ2) is 7.79.